The highest BCUT2D eigenvalue weighted by molar-refractivity contribution is 5.37. The highest BCUT2D eigenvalue weighted by Crippen LogP contribution is 2.31. The van der Waals surface area contributed by atoms with E-state index in [4.69, 9.17) is 9.47 Å². The smallest absolute Gasteiger partial charge is 0.252 e. The van der Waals surface area contributed by atoms with Gasteiger partial charge in [0.05, 0.1) is 26.1 Å². The summed E-state index contributed by atoms with van der Waals surface area (Å²) in [4.78, 5) is 20.0. The number of H-pyrrole nitrogens is 1. The molecule has 2 saturated heterocycles. The normalized spacial score (nSPS) is 23.2. The van der Waals surface area contributed by atoms with Crippen molar-refractivity contribution in [3.8, 4) is 0 Å². The van der Waals surface area contributed by atoms with Crippen molar-refractivity contribution < 1.29 is 9.47 Å². The monoisotopic (exact) mass is 237 g/mol. The van der Waals surface area contributed by atoms with Crippen molar-refractivity contribution in [2.75, 3.05) is 31.2 Å². The van der Waals surface area contributed by atoms with Crippen molar-refractivity contribution in [1.82, 2.24) is 9.97 Å². The Balaban J connectivity index is 1.82. The average molecular weight is 237 g/mol. The van der Waals surface area contributed by atoms with Crippen molar-refractivity contribution in [2.45, 2.75) is 18.6 Å². The molecular weight excluding hydrogens is 222 g/mol. The van der Waals surface area contributed by atoms with Gasteiger partial charge in [0.25, 0.3) is 5.56 Å². The molecule has 6 heteroatoms. The number of rotatable bonds is 1. The predicted octanol–water partition coefficient (Wildman–Crippen LogP) is 0.113. The number of piperidine rings is 1. The molecular formula is C11H15N3O3. The molecule has 2 fully saturated rings. The highest BCUT2D eigenvalue weighted by Gasteiger charge is 2.41. The third-order valence-corrected chi connectivity index (χ3v) is 3.22. The van der Waals surface area contributed by atoms with Gasteiger partial charge in [-0.25, -0.2) is 4.98 Å². The number of ether oxygens (including phenoxy) is 2. The Labute approximate surface area is 98.6 Å². The second-order valence-electron chi connectivity index (χ2n) is 4.40. The molecule has 0 unspecified atom stereocenters. The van der Waals surface area contributed by atoms with Crippen molar-refractivity contribution in [1.29, 1.82) is 0 Å². The van der Waals surface area contributed by atoms with Gasteiger partial charge < -0.3 is 19.4 Å². The zero-order valence-corrected chi connectivity index (χ0v) is 9.52. The van der Waals surface area contributed by atoms with Gasteiger partial charge >= 0.3 is 0 Å². The summed E-state index contributed by atoms with van der Waals surface area (Å²) in [5.41, 5.74) is -0.136. The van der Waals surface area contributed by atoms with Crippen LogP contribution in [-0.2, 0) is 9.47 Å². The summed E-state index contributed by atoms with van der Waals surface area (Å²) in [5.74, 6) is 0.203. The Bertz CT molecular complexity index is 453. The van der Waals surface area contributed by atoms with E-state index in [0.29, 0.717) is 25.6 Å². The van der Waals surface area contributed by atoms with E-state index in [1.54, 1.807) is 0 Å². The van der Waals surface area contributed by atoms with Crippen molar-refractivity contribution in [3.63, 3.8) is 0 Å². The molecule has 0 bridgehead atoms. The van der Waals surface area contributed by atoms with E-state index < -0.39 is 5.79 Å². The SMILES string of the molecule is O=c1cc(N2CCCC3(C2)OCCO3)nc[nH]1. The van der Waals surface area contributed by atoms with Gasteiger partial charge in [-0.3, -0.25) is 4.79 Å². The lowest BCUT2D eigenvalue weighted by Gasteiger charge is -2.38. The maximum atomic E-state index is 11.3. The van der Waals surface area contributed by atoms with Gasteiger partial charge in [-0.15, -0.1) is 0 Å². The van der Waals surface area contributed by atoms with Crippen LogP contribution in [0.2, 0.25) is 0 Å². The van der Waals surface area contributed by atoms with Crippen molar-refractivity contribution in [3.05, 3.63) is 22.7 Å². The van der Waals surface area contributed by atoms with Gasteiger partial charge in [0.1, 0.15) is 5.82 Å². The van der Waals surface area contributed by atoms with Crippen molar-refractivity contribution >= 4 is 5.82 Å². The number of nitrogens with one attached hydrogen (secondary N) is 1. The molecule has 0 aliphatic carbocycles. The molecule has 0 radical (unpaired) electrons. The molecule has 2 aliphatic heterocycles. The Hall–Kier alpha value is -1.40. The van der Waals surface area contributed by atoms with E-state index >= 15 is 0 Å². The van der Waals surface area contributed by atoms with E-state index in [1.807, 2.05) is 4.90 Å². The van der Waals surface area contributed by atoms with E-state index in [1.165, 1.54) is 12.4 Å². The summed E-state index contributed by atoms with van der Waals surface area (Å²) in [5, 5.41) is 0. The van der Waals surface area contributed by atoms with Gasteiger partial charge in [-0.2, -0.15) is 0 Å². The average Bonchev–Trinajstić information content (AvgIpc) is 2.77. The van der Waals surface area contributed by atoms with Gasteiger partial charge in [0.2, 0.25) is 0 Å². The molecule has 6 nitrogen and oxygen atoms in total. The van der Waals surface area contributed by atoms with Gasteiger partial charge in [0, 0.05) is 19.0 Å². The Morgan fingerprint density at radius 1 is 1.41 bits per heavy atom. The second-order valence-corrected chi connectivity index (χ2v) is 4.40. The molecule has 2 aliphatic rings. The van der Waals surface area contributed by atoms with Crippen LogP contribution in [0.25, 0.3) is 0 Å². The summed E-state index contributed by atoms with van der Waals surface area (Å²) in [7, 11) is 0. The quantitative estimate of drug-likeness (QED) is 0.751. The Morgan fingerprint density at radius 3 is 3.00 bits per heavy atom. The zero-order chi connectivity index (χ0) is 11.7. The third-order valence-electron chi connectivity index (χ3n) is 3.22. The molecule has 1 aromatic rings. The number of aromatic nitrogens is 2. The first-order valence-corrected chi connectivity index (χ1v) is 5.85. The van der Waals surface area contributed by atoms with Crippen molar-refractivity contribution in [2.24, 2.45) is 0 Å². The van der Waals surface area contributed by atoms with Gasteiger partial charge in [0.15, 0.2) is 5.79 Å². The summed E-state index contributed by atoms with van der Waals surface area (Å²) in [6.45, 7) is 2.82. The fourth-order valence-corrected chi connectivity index (χ4v) is 2.45. The van der Waals surface area contributed by atoms with Crippen LogP contribution >= 0.6 is 0 Å². The lowest BCUT2D eigenvalue weighted by molar-refractivity contribution is -0.161. The molecule has 0 aromatic carbocycles. The molecule has 1 aromatic heterocycles. The number of nitrogens with zero attached hydrogens (tertiary/aromatic N) is 2. The number of hydrogen-bond acceptors (Lipinski definition) is 5. The molecule has 0 atom stereocenters. The van der Waals surface area contributed by atoms with Gasteiger partial charge in [-0.05, 0) is 6.42 Å². The molecule has 92 valence electrons. The standard InChI is InChI=1S/C11H15N3O3/c15-10-6-9(12-8-13-10)14-3-1-2-11(7-14)16-4-5-17-11/h6,8H,1-5,7H2,(H,12,13,15). The second kappa shape index (κ2) is 4.12. The lowest BCUT2D eigenvalue weighted by Crippen LogP contribution is -2.49. The van der Waals surface area contributed by atoms with E-state index in [0.717, 1.165) is 19.4 Å². The van der Waals surface area contributed by atoms with Crippen LogP contribution in [-0.4, -0.2) is 42.1 Å². The Morgan fingerprint density at radius 2 is 2.24 bits per heavy atom. The van der Waals surface area contributed by atoms with Crippen LogP contribution in [0, 0.1) is 0 Å². The number of anilines is 1. The molecule has 0 amide bonds. The first-order valence-electron chi connectivity index (χ1n) is 5.85. The van der Waals surface area contributed by atoms with Crippen LogP contribution in [0.5, 0.6) is 0 Å². The van der Waals surface area contributed by atoms with Crippen LogP contribution in [0.3, 0.4) is 0 Å². The van der Waals surface area contributed by atoms with Crippen LogP contribution in [0.1, 0.15) is 12.8 Å². The molecule has 17 heavy (non-hydrogen) atoms. The molecule has 1 spiro atoms. The minimum absolute atomic E-state index is 0.136. The van der Waals surface area contributed by atoms with Gasteiger partial charge in [-0.1, -0.05) is 0 Å². The summed E-state index contributed by atoms with van der Waals surface area (Å²) in [6.07, 6.45) is 3.32. The summed E-state index contributed by atoms with van der Waals surface area (Å²) in [6, 6.07) is 1.51. The third kappa shape index (κ3) is 2.05. The maximum Gasteiger partial charge on any atom is 0.252 e. The topological polar surface area (TPSA) is 67.5 Å². The fraction of sp³-hybridized carbons (Fsp3) is 0.636. The minimum Gasteiger partial charge on any atom is -0.351 e. The van der Waals surface area contributed by atoms with Crippen LogP contribution in [0.4, 0.5) is 5.82 Å². The van der Waals surface area contributed by atoms with Crippen LogP contribution in [0.15, 0.2) is 17.2 Å². The predicted molar refractivity (Wildman–Crippen MR) is 60.9 cm³/mol. The summed E-state index contributed by atoms with van der Waals surface area (Å²) < 4.78 is 11.4. The molecule has 3 heterocycles. The lowest BCUT2D eigenvalue weighted by atomic mass is 10.0. The largest absolute Gasteiger partial charge is 0.351 e. The molecule has 0 saturated carbocycles. The number of aromatic amines is 1. The van der Waals surface area contributed by atoms with E-state index in [9.17, 15) is 4.79 Å². The Kier molecular flexibility index (Phi) is 2.60. The molecule has 3 rings (SSSR count). The van der Waals surface area contributed by atoms with E-state index in [2.05, 4.69) is 9.97 Å². The van der Waals surface area contributed by atoms with Crippen LogP contribution < -0.4 is 10.5 Å². The first kappa shape index (κ1) is 10.7. The minimum atomic E-state index is -0.484. The van der Waals surface area contributed by atoms with E-state index in [-0.39, 0.29) is 5.56 Å². The zero-order valence-electron chi connectivity index (χ0n) is 9.52. The first-order chi connectivity index (χ1) is 8.27. The fourth-order valence-electron chi connectivity index (χ4n) is 2.45. The molecule has 1 N–H and O–H groups in total. The highest BCUT2D eigenvalue weighted by atomic mass is 16.7. The summed E-state index contributed by atoms with van der Waals surface area (Å²) >= 11 is 0. The maximum absolute atomic E-state index is 11.3. The number of hydrogen-bond donors (Lipinski definition) is 1.